The first-order valence-corrected chi connectivity index (χ1v) is 7.44. The van der Waals surface area contributed by atoms with Crippen molar-refractivity contribution in [1.29, 1.82) is 0 Å². The number of nitrogens with zero attached hydrogens (tertiary/aromatic N) is 3. The van der Waals surface area contributed by atoms with Crippen molar-refractivity contribution in [2.75, 3.05) is 19.1 Å². The number of hydrogen-bond acceptors (Lipinski definition) is 5. The lowest BCUT2D eigenvalue weighted by Gasteiger charge is -2.20. The molecule has 0 radical (unpaired) electrons. The molecule has 0 bridgehead atoms. The number of carbonyl (C=O) groups excluding carboxylic acids is 1. The van der Waals surface area contributed by atoms with Gasteiger partial charge in [0, 0.05) is 7.05 Å². The number of aryl methyl sites for hydroxylation is 1. The highest BCUT2D eigenvalue weighted by Gasteiger charge is 2.21. The SMILES string of the molecule is CSCC[C@@H](NC(=O)N(C)Cc1n[nH]c(C)n1)C(=O)O. The number of carboxylic acids is 1. The summed E-state index contributed by atoms with van der Waals surface area (Å²) in [5.74, 6) is 0.782. The number of carboxylic acid groups (broad SMARTS) is 1. The fourth-order valence-electron chi connectivity index (χ4n) is 1.50. The van der Waals surface area contributed by atoms with E-state index < -0.39 is 18.0 Å². The van der Waals surface area contributed by atoms with Gasteiger partial charge in [0.05, 0.1) is 6.54 Å². The van der Waals surface area contributed by atoms with Crippen molar-refractivity contribution >= 4 is 23.8 Å². The molecule has 0 aliphatic rings. The van der Waals surface area contributed by atoms with Crippen molar-refractivity contribution in [3.63, 3.8) is 0 Å². The molecule has 3 N–H and O–H groups in total. The molecule has 112 valence electrons. The van der Waals surface area contributed by atoms with Gasteiger partial charge in [0.15, 0.2) is 5.82 Å². The lowest BCUT2D eigenvalue weighted by molar-refractivity contribution is -0.139. The molecule has 9 heteroatoms. The molecule has 8 nitrogen and oxygen atoms in total. The van der Waals surface area contributed by atoms with Crippen molar-refractivity contribution in [1.82, 2.24) is 25.4 Å². The molecule has 0 aliphatic heterocycles. The highest BCUT2D eigenvalue weighted by Crippen LogP contribution is 2.03. The fourth-order valence-corrected chi connectivity index (χ4v) is 1.97. The third-order valence-corrected chi connectivity index (χ3v) is 3.22. The van der Waals surface area contributed by atoms with Gasteiger partial charge in [-0.2, -0.15) is 16.9 Å². The largest absolute Gasteiger partial charge is 0.480 e. The van der Waals surface area contributed by atoms with E-state index in [9.17, 15) is 9.59 Å². The van der Waals surface area contributed by atoms with Crippen molar-refractivity contribution in [3.05, 3.63) is 11.6 Å². The fraction of sp³-hybridized carbons (Fsp3) is 0.636. The molecule has 0 fully saturated rings. The summed E-state index contributed by atoms with van der Waals surface area (Å²) >= 11 is 1.54. The van der Waals surface area contributed by atoms with Crippen molar-refractivity contribution in [2.45, 2.75) is 25.9 Å². The maximum absolute atomic E-state index is 11.9. The van der Waals surface area contributed by atoms with Crippen molar-refractivity contribution in [3.8, 4) is 0 Å². The maximum atomic E-state index is 11.9. The third kappa shape index (κ3) is 5.08. The summed E-state index contributed by atoms with van der Waals surface area (Å²) in [4.78, 5) is 28.4. The molecule has 20 heavy (non-hydrogen) atoms. The average molecular weight is 301 g/mol. The van der Waals surface area contributed by atoms with Gasteiger partial charge in [0.2, 0.25) is 0 Å². The summed E-state index contributed by atoms with van der Waals surface area (Å²) in [6.07, 6.45) is 2.27. The van der Waals surface area contributed by atoms with Crippen molar-refractivity contribution < 1.29 is 14.7 Å². The van der Waals surface area contributed by atoms with E-state index in [4.69, 9.17) is 5.11 Å². The van der Waals surface area contributed by atoms with Crippen LogP contribution in [0.25, 0.3) is 0 Å². The second-order valence-electron chi connectivity index (χ2n) is 4.31. The van der Waals surface area contributed by atoms with Crippen LogP contribution in [0.5, 0.6) is 0 Å². The zero-order chi connectivity index (χ0) is 15.1. The van der Waals surface area contributed by atoms with Gasteiger partial charge < -0.3 is 15.3 Å². The number of nitrogens with one attached hydrogen (secondary N) is 2. The van der Waals surface area contributed by atoms with Crippen LogP contribution in [0.15, 0.2) is 0 Å². The highest BCUT2D eigenvalue weighted by molar-refractivity contribution is 7.98. The number of aromatic amines is 1. The van der Waals surface area contributed by atoms with E-state index >= 15 is 0 Å². The van der Waals surface area contributed by atoms with E-state index in [0.717, 1.165) is 0 Å². The Balaban J connectivity index is 2.52. The smallest absolute Gasteiger partial charge is 0.326 e. The summed E-state index contributed by atoms with van der Waals surface area (Å²) in [6, 6.07) is -1.34. The minimum Gasteiger partial charge on any atom is -0.480 e. The monoisotopic (exact) mass is 301 g/mol. The molecule has 0 saturated carbocycles. The van der Waals surface area contributed by atoms with Crippen LogP contribution in [-0.2, 0) is 11.3 Å². The molecular formula is C11H19N5O3S. The Morgan fingerprint density at radius 1 is 1.55 bits per heavy atom. The zero-order valence-electron chi connectivity index (χ0n) is 11.7. The van der Waals surface area contributed by atoms with Crippen LogP contribution in [0.3, 0.4) is 0 Å². The summed E-state index contributed by atoms with van der Waals surface area (Å²) in [5, 5.41) is 18.1. The van der Waals surface area contributed by atoms with Gasteiger partial charge in [-0.3, -0.25) is 5.10 Å². The van der Waals surface area contributed by atoms with Gasteiger partial charge in [-0.25, -0.2) is 14.6 Å². The second-order valence-corrected chi connectivity index (χ2v) is 5.30. The lowest BCUT2D eigenvalue weighted by Crippen LogP contribution is -2.46. The molecule has 2 amide bonds. The van der Waals surface area contributed by atoms with Gasteiger partial charge in [0.25, 0.3) is 0 Å². The Hall–Kier alpha value is -1.77. The maximum Gasteiger partial charge on any atom is 0.326 e. The number of hydrogen-bond donors (Lipinski definition) is 3. The average Bonchev–Trinajstić information content (AvgIpc) is 2.79. The third-order valence-electron chi connectivity index (χ3n) is 2.58. The first-order valence-electron chi connectivity index (χ1n) is 6.05. The van der Waals surface area contributed by atoms with Crippen LogP contribution in [0.1, 0.15) is 18.1 Å². The summed E-state index contributed by atoms with van der Waals surface area (Å²) in [7, 11) is 1.56. The number of H-pyrrole nitrogens is 1. The second kappa shape index (κ2) is 7.73. The standard InChI is InChI=1S/C11H19N5O3S/c1-7-12-9(15-14-7)6-16(2)11(19)13-8(10(17)18)4-5-20-3/h8H,4-6H2,1-3H3,(H,13,19)(H,17,18)(H,12,14,15)/t8-/m1/s1. The zero-order valence-corrected chi connectivity index (χ0v) is 12.5. The molecule has 1 atom stereocenters. The van der Waals surface area contributed by atoms with E-state index in [1.165, 1.54) is 16.7 Å². The lowest BCUT2D eigenvalue weighted by atomic mass is 10.2. The Bertz CT molecular complexity index is 465. The van der Waals surface area contributed by atoms with E-state index in [0.29, 0.717) is 23.8 Å². The van der Waals surface area contributed by atoms with Crippen molar-refractivity contribution in [2.24, 2.45) is 0 Å². The first kappa shape index (κ1) is 16.3. The molecule has 0 aliphatic carbocycles. The molecule has 1 aromatic rings. The van der Waals surface area contributed by atoms with E-state index in [2.05, 4.69) is 20.5 Å². The minimum absolute atomic E-state index is 0.213. The quantitative estimate of drug-likeness (QED) is 0.674. The number of aromatic nitrogens is 3. The van der Waals surface area contributed by atoms with Crippen LogP contribution in [-0.4, -0.2) is 62.3 Å². The summed E-state index contributed by atoms with van der Waals surface area (Å²) < 4.78 is 0. The molecule has 1 rings (SSSR count). The van der Waals surface area contributed by atoms with Gasteiger partial charge in [0.1, 0.15) is 11.9 Å². The van der Waals surface area contributed by atoms with Crippen LogP contribution in [0, 0.1) is 6.92 Å². The molecule has 0 unspecified atom stereocenters. The van der Waals surface area contributed by atoms with Gasteiger partial charge in [-0.1, -0.05) is 0 Å². The Morgan fingerprint density at radius 2 is 2.25 bits per heavy atom. The number of aliphatic carboxylic acids is 1. The predicted molar refractivity (Wildman–Crippen MR) is 75.5 cm³/mol. The summed E-state index contributed by atoms with van der Waals surface area (Å²) in [6.45, 7) is 1.98. The Labute approximate surface area is 121 Å². The predicted octanol–water partition coefficient (Wildman–Crippen LogP) is 0.461. The van der Waals surface area contributed by atoms with E-state index in [1.807, 2.05) is 6.26 Å². The molecule has 0 aromatic carbocycles. The molecular weight excluding hydrogens is 282 g/mol. The van der Waals surface area contributed by atoms with Gasteiger partial charge in [-0.05, 0) is 25.4 Å². The van der Waals surface area contributed by atoms with Crippen LogP contribution >= 0.6 is 11.8 Å². The van der Waals surface area contributed by atoms with Gasteiger partial charge in [-0.15, -0.1) is 0 Å². The number of thioether (sulfide) groups is 1. The number of rotatable bonds is 7. The molecule has 0 spiro atoms. The first-order chi connectivity index (χ1) is 9.43. The molecule has 1 heterocycles. The normalized spacial score (nSPS) is 11.9. The topological polar surface area (TPSA) is 111 Å². The summed E-state index contributed by atoms with van der Waals surface area (Å²) in [5.41, 5.74) is 0. The highest BCUT2D eigenvalue weighted by atomic mass is 32.2. The number of amides is 2. The minimum atomic E-state index is -1.03. The van der Waals surface area contributed by atoms with E-state index in [1.54, 1.807) is 14.0 Å². The Morgan fingerprint density at radius 3 is 2.75 bits per heavy atom. The van der Waals surface area contributed by atoms with Crippen LogP contribution in [0.2, 0.25) is 0 Å². The van der Waals surface area contributed by atoms with E-state index in [-0.39, 0.29) is 6.54 Å². The van der Waals surface area contributed by atoms with Crippen LogP contribution in [0.4, 0.5) is 4.79 Å². The molecule has 1 aromatic heterocycles. The Kier molecular flexibility index (Phi) is 6.29. The number of carbonyl (C=O) groups is 2. The number of urea groups is 1. The molecule has 0 saturated heterocycles. The van der Waals surface area contributed by atoms with Crippen LogP contribution < -0.4 is 5.32 Å². The van der Waals surface area contributed by atoms with Gasteiger partial charge >= 0.3 is 12.0 Å².